The predicted octanol–water partition coefficient (Wildman–Crippen LogP) is 3.22. The van der Waals surface area contributed by atoms with E-state index in [4.69, 9.17) is 4.74 Å². The van der Waals surface area contributed by atoms with E-state index in [-0.39, 0.29) is 17.9 Å². The smallest absolute Gasteiger partial charge is 0.253 e. The number of aromatic nitrogens is 1. The highest BCUT2D eigenvalue weighted by Crippen LogP contribution is 2.27. The monoisotopic (exact) mass is 403 g/mol. The molecule has 0 radical (unpaired) electrons. The standard InChI is InChI=1S/C24H25N3O3/c1-16-21-14-19(6-7-20(21)15-25-16)17-2-4-18(5-3-17)23(28)26-9-11-27(12-10-26)24(29)22-8-13-30-22/h2-7,14-15,22,25H,8-13H2,1H3. The number of carbonyl (C=O) groups is 2. The number of piperazine rings is 1. The number of amides is 2. The Morgan fingerprint density at radius 2 is 1.63 bits per heavy atom. The second-order valence-electron chi connectivity index (χ2n) is 8.06. The molecule has 2 aromatic carbocycles. The van der Waals surface area contributed by atoms with Crippen LogP contribution in [0.4, 0.5) is 0 Å². The molecule has 3 heterocycles. The molecule has 0 aliphatic carbocycles. The fraction of sp³-hybridized carbons (Fsp3) is 0.333. The number of nitrogens with zero attached hydrogens (tertiary/aromatic N) is 2. The second-order valence-corrected chi connectivity index (χ2v) is 8.06. The molecule has 0 spiro atoms. The number of benzene rings is 2. The maximum Gasteiger partial charge on any atom is 0.253 e. The number of hydrogen-bond donors (Lipinski definition) is 1. The summed E-state index contributed by atoms with van der Waals surface area (Å²) in [5, 5.41) is 2.41. The van der Waals surface area contributed by atoms with E-state index in [0.717, 1.165) is 23.2 Å². The average Bonchev–Trinajstić information content (AvgIpc) is 3.12. The number of nitrogens with one attached hydrogen (secondary N) is 1. The first-order valence-corrected chi connectivity index (χ1v) is 10.5. The molecular formula is C24H25N3O3. The van der Waals surface area contributed by atoms with E-state index < -0.39 is 0 Å². The third kappa shape index (κ3) is 3.37. The van der Waals surface area contributed by atoms with E-state index in [9.17, 15) is 9.59 Å². The van der Waals surface area contributed by atoms with Crippen molar-refractivity contribution in [1.82, 2.24) is 14.8 Å². The van der Waals surface area contributed by atoms with Crippen molar-refractivity contribution >= 4 is 22.6 Å². The van der Waals surface area contributed by atoms with Crippen LogP contribution in [-0.2, 0) is 9.53 Å². The van der Waals surface area contributed by atoms with Crippen LogP contribution in [0.1, 0.15) is 22.5 Å². The molecule has 154 valence electrons. The molecule has 5 rings (SSSR count). The van der Waals surface area contributed by atoms with Crippen LogP contribution in [0.25, 0.3) is 21.9 Å². The first kappa shape index (κ1) is 18.9. The summed E-state index contributed by atoms with van der Waals surface area (Å²) in [7, 11) is 0. The first-order valence-electron chi connectivity index (χ1n) is 10.5. The van der Waals surface area contributed by atoms with Gasteiger partial charge in [0, 0.05) is 55.4 Å². The van der Waals surface area contributed by atoms with Crippen LogP contribution in [-0.4, -0.2) is 65.5 Å². The van der Waals surface area contributed by atoms with Gasteiger partial charge >= 0.3 is 0 Å². The van der Waals surface area contributed by atoms with E-state index >= 15 is 0 Å². The van der Waals surface area contributed by atoms with E-state index in [1.54, 1.807) is 0 Å². The fourth-order valence-corrected chi connectivity index (χ4v) is 4.20. The molecule has 0 saturated carbocycles. The van der Waals surface area contributed by atoms with Crippen LogP contribution in [0.3, 0.4) is 0 Å². The van der Waals surface area contributed by atoms with Gasteiger partial charge in [0.1, 0.15) is 6.10 Å². The summed E-state index contributed by atoms with van der Waals surface area (Å²) in [6.07, 6.45) is 2.55. The number of rotatable bonds is 3. The third-order valence-electron chi connectivity index (χ3n) is 6.22. The van der Waals surface area contributed by atoms with Crippen molar-refractivity contribution in [3.05, 3.63) is 59.9 Å². The van der Waals surface area contributed by atoms with Crippen molar-refractivity contribution in [3.8, 4) is 11.1 Å². The summed E-state index contributed by atoms with van der Waals surface area (Å²) in [4.78, 5) is 32.1. The normalized spacial score (nSPS) is 19.0. The van der Waals surface area contributed by atoms with Gasteiger partial charge in [-0.15, -0.1) is 0 Å². The van der Waals surface area contributed by atoms with Crippen molar-refractivity contribution in [3.63, 3.8) is 0 Å². The van der Waals surface area contributed by atoms with Gasteiger partial charge in [-0.1, -0.05) is 24.3 Å². The van der Waals surface area contributed by atoms with Crippen LogP contribution < -0.4 is 0 Å². The van der Waals surface area contributed by atoms with Gasteiger partial charge in [0.05, 0.1) is 6.61 Å². The summed E-state index contributed by atoms with van der Waals surface area (Å²) in [6.45, 7) is 4.99. The van der Waals surface area contributed by atoms with Crippen LogP contribution in [0.5, 0.6) is 0 Å². The lowest BCUT2D eigenvalue weighted by Crippen LogP contribution is -2.54. The lowest BCUT2D eigenvalue weighted by Gasteiger charge is -2.38. The Morgan fingerprint density at radius 3 is 2.30 bits per heavy atom. The van der Waals surface area contributed by atoms with Gasteiger partial charge in [0.25, 0.3) is 11.8 Å². The van der Waals surface area contributed by atoms with E-state index in [2.05, 4.69) is 30.1 Å². The molecule has 6 nitrogen and oxygen atoms in total. The number of aryl methyl sites for hydroxylation is 1. The van der Waals surface area contributed by atoms with Crippen LogP contribution in [0.2, 0.25) is 0 Å². The SMILES string of the molecule is Cc1[nH]cc2ccc(-c3ccc(C(=O)N4CCN(C(=O)C5CCO5)CC4)cc3)cc12. The van der Waals surface area contributed by atoms with Crippen LogP contribution >= 0.6 is 0 Å². The quantitative estimate of drug-likeness (QED) is 0.730. The lowest BCUT2D eigenvalue weighted by atomic mass is 10.0. The number of ether oxygens (including phenoxy) is 1. The number of H-pyrrole nitrogens is 1. The zero-order chi connectivity index (χ0) is 20.7. The minimum absolute atomic E-state index is 0.0190. The molecule has 1 unspecified atom stereocenters. The van der Waals surface area contributed by atoms with Crippen LogP contribution in [0, 0.1) is 6.92 Å². The maximum absolute atomic E-state index is 12.9. The summed E-state index contributed by atoms with van der Waals surface area (Å²) in [5.41, 5.74) is 4.06. The highest BCUT2D eigenvalue weighted by molar-refractivity contribution is 5.95. The van der Waals surface area contributed by atoms with Gasteiger partial charge in [-0.25, -0.2) is 0 Å². The number of hydrogen-bond acceptors (Lipinski definition) is 3. The largest absolute Gasteiger partial charge is 0.368 e. The van der Waals surface area contributed by atoms with Crippen LogP contribution in [0.15, 0.2) is 48.7 Å². The Morgan fingerprint density at radius 1 is 0.967 bits per heavy atom. The van der Waals surface area contributed by atoms with Gasteiger partial charge in [-0.3, -0.25) is 9.59 Å². The molecule has 6 heteroatoms. The molecule has 2 fully saturated rings. The van der Waals surface area contributed by atoms with E-state index in [0.29, 0.717) is 38.3 Å². The Bertz CT molecular complexity index is 1090. The molecule has 2 aliphatic heterocycles. The molecule has 1 N–H and O–H groups in total. The van der Waals surface area contributed by atoms with Crippen molar-refractivity contribution in [2.45, 2.75) is 19.4 Å². The Labute approximate surface area is 175 Å². The molecule has 30 heavy (non-hydrogen) atoms. The zero-order valence-corrected chi connectivity index (χ0v) is 17.1. The molecule has 2 saturated heterocycles. The molecule has 1 atom stereocenters. The highest BCUT2D eigenvalue weighted by atomic mass is 16.5. The lowest BCUT2D eigenvalue weighted by molar-refractivity contribution is -0.157. The minimum Gasteiger partial charge on any atom is -0.368 e. The summed E-state index contributed by atoms with van der Waals surface area (Å²) >= 11 is 0. The summed E-state index contributed by atoms with van der Waals surface area (Å²) in [5.74, 6) is 0.0813. The molecule has 2 aliphatic rings. The zero-order valence-electron chi connectivity index (χ0n) is 17.1. The molecule has 3 aromatic rings. The van der Waals surface area contributed by atoms with E-state index in [1.165, 1.54) is 10.8 Å². The maximum atomic E-state index is 12.9. The van der Waals surface area contributed by atoms with E-state index in [1.807, 2.05) is 40.3 Å². The molecule has 2 amide bonds. The summed E-state index contributed by atoms with van der Waals surface area (Å²) < 4.78 is 5.29. The van der Waals surface area contributed by atoms with Crippen molar-refractivity contribution in [1.29, 1.82) is 0 Å². The summed E-state index contributed by atoms with van der Waals surface area (Å²) in [6, 6.07) is 14.2. The highest BCUT2D eigenvalue weighted by Gasteiger charge is 2.33. The molecular weight excluding hydrogens is 378 g/mol. The Hall–Kier alpha value is -3.12. The number of fused-ring (bicyclic) bond motifs is 1. The third-order valence-corrected chi connectivity index (χ3v) is 6.22. The molecule has 1 aromatic heterocycles. The average molecular weight is 403 g/mol. The topological polar surface area (TPSA) is 65.6 Å². The van der Waals surface area contributed by atoms with Gasteiger partial charge in [-0.05, 0) is 41.6 Å². The van der Waals surface area contributed by atoms with Gasteiger partial charge in [0.2, 0.25) is 0 Å². The van der Waals surface area contributed by atoms with Crippen molar-refractivity contribution < 1.29 is 14.3 Å². The van der Waals surface area contributed by atoms with Gasteiger partial charge in [-0.2, -0.15) is 0 Å². The van der Waals surface area contributed by atoms with Gasteiger partial charge in [0.15, 0.2) is 0 Å². The second kappa shape index (κ2) is 7.61. The number of carbonyl (C=O) groups excluding carboxylic acids is 2. The Balaban J connectivity index is 1.25. The minimum atomic E-state index is -0.269. The fourth-order valence-electron chi connectivity index (χ4n) is 4.20. The first-order chi connectivity index (χ1) is 14.6. The van der Waals surface area contributed by atoms with Crippen molar-refractivity contribution in [2.75, 3.05) is 32.8 Å². The van der Waals surface area contributed by atoms with Crippen molar-refractivity contribution in [2.24, 2.45) is 0 Å². The number of aromatic amines is 1. The molecule has 0 bridgehead atoms. The van der Waals surface area contributed by atoms with Gasteiger partial charge < -0.3 is 19.5 Å². The predicted molar refractivity (Wildman–Crippen MR) is 115 cm³/mol. The Kier molecular flexibility index (Phi) is 4.79.